The molecule has 0 spiro atoms. The van der Waals surface area contributed by atoms with Gasteiger partial charge in [0.2, 0.25) is 0 Å². The number of carbonyl (C=O) groups excluding carboxylic acids is 2. The Morgan fingerprint density at radius 3 is 2.38 bits per heavy atom. The summed E-state index contributed by atoms with van der Waals surface area (Å²) < 4.78 is 16.3. The normalized spacial score (nSPS) is 17.4. The number of carbonyl (C=O) groups is 2. The van der Waals surface area contributed by atoms with Gasteiger partial charge in [-0.1, -0.05) is 60.1 Å². The van der Waals surface area contributed by atoms with E-state index in [2.05, 4.69) is 5.32 Å². The van der Waals surface area contributed by atoms with Gasteiger partial charge in [-0.15, -0.1) is 0 Å². The number of benzene rings is 3. The van der Waals surface area contributed by atoms with E-state index in [0.29, 0.717) is 35.7 Å². The molecular formula is C29H26ClNO6. The second-order valence-electron chi connectivity index (χ2n) is 9.30. The molecular weight excluding hydrogens is 494 g/mol. The van der Waals surface area contributed by atoms with Crippen molar-refractivity contribution in [3.63, 3.8) is 0 Å². The van der Waals surface area contributed by atoms with Crippen molar-refractivity contribution in [2.75, 3.05) is 6.54 Å². The summed E-state index contributed by atoms with van der Waals surface area (Å²) in [4.78, 5) is 37.2. The van der Waals surface area contributed by atoms with Crippen LogP contribution in [0.4, 0.5) is 4.79 Å². The van der Waals surface area contributed by atoms with E-state index in [1.165, 1.54) is 6.07 Å². The summed E-state index contributed by atoms with van der Waals surface area (Å²) in [6.45, 7) is 0.723. The van der Waals surface area contributed by atoms with Crippen LogP contribution in [-0.2, 0) is 16.1 Å². The molecule has 1 fully saturated rings. The van der Waals surface area contributed by atoms with Crippen LogP contribution in [0.5, 0.6) is 5.75 Å². The van der Waals surface area contributed by atoms with Gasteiger partial charge in [0.15, 0.2) is 5.75 Å². The lowest BCUT2D eigenvalue weighted by Gasteiger charge is -2.27. The molecule has 0 bridgehead atoms. The van der Waals surface area contributed by atoms with Crippen LogP contribution in [0.1, 0.15) is 31.2 Å². The van der Waals surface area contributed by atoms with Crippen LogP contribution in [0.2, 0.25) is 5.02 Å². The average molecular weight is 520 g/mol. The number of nitrogens with one attached hydrogen (secondary N) is 1. The van der Waals surface area contributed by atoms with Gasteiger partial charge in [0, 0.05) is 18.0 Å². The predicted molar refractivity (Wildman–Crippen MR) is 141 cm³/mol. The molecule has 0 unspecified atom stereocenters. The van der Waals surface area contributed by atoms with E-state index in [4.69, 9.17) is 25.5 Å². The Kier molecular flexibility index (Phi) is 7.42. The van der Waals surface area contributed by atoms with Gasteiger partial charge in [0.1, 0.15) is 12.2 Å². The zero-order valence-electron chi connectivity index (χ0n) is 20.1. The van der Waals surface area contributed by atoms with Gasteiger partial charge in [0.05, 0.1) is 16.3 Å². The van der Waals surface area contributed by atoms with Crippen LogP contribution in [0.3, 0.4) is 0 Å². The molecule has 8 heteroatoms. The lowest BCUT2D eigenvalue weighted by atomic mass is 9.82. The number of ether oxygens (including phenoxy) is 2. The first-order chi connectivity index (χ1) is 18.0. The molecule has 0 saturated heterocycles. The summed E-state index contributed by atoms with van der Waals surface area (Å²) >= 11 is 6.44. The van der Waals surface area contributed by atoms with Gasteiger partial charge >= 0.3 is 17.7 Å². The van der Waals surface area contributed by atoms with Crippen molar-refractivity contribution in [2.45, 2.75) is 32.3 Å². The van der Waals surface area contributed by atoms with Crippen LogP contribution in [0, 0.1) is 11.8 Å². The molecule has 0 aliphatic heterocycles. The first kappa shape index (κ1) is 24.8. The zero-order chi connectivity index (χ0) is 25.8. The van der Waals surface area contributed by atoms with Crippen LogP contribution in [-0.4, -0.2) is 18.6 Å². The number of halogens is 1. The smallest absolute Gasteiger partial charge is 0.407 e. The van der Waals surface area contributed by atoms with E-state index >= 15 is 0 Å². The summed E-state index contributed by atoms with van der Waals surface area (Å²) in [5, 5.41) is 4.95. The maximum atomic E-state index is 12.9. The summed E-state index contributed by atoms with van der Waals surface area (Å²) in [6.07, 6.45) is 2.41. The van der Waals surface area contributed by atoms with E-state index in [1.54, 1.807) is 18.2 Å². The predicted octanol–water partition coefficient (Wildman–Crippen LogP) is 6.24. The Morgan fingerprint density at radius 2 is 1.62 bits per heavy atom. The minimum absolute atomic E-state index is 0.169. The fraction of sp³-hybridized carbons (Fsp3) is 0.276. The summed E-state index contributed by atoms with van der Waals surface area (Å²) in [5.74, 6) is -0.197. The van der Waals surface area contributed by atoms with Crippen molar-refractivity contribution < 1.29 is 23.5 Å². The Bertz CT molecular complexity index is 1490. The molecule has 1 N–H and O–H groups in total. The van der Waals surface area contributed by atoms with E-state index in [9.17, 15) is 14.4 Å². The van der Waals surface area contributed by atoms with E-state index < -0.39 is 11.7 Å². The van der Waals surface area contributed by atoms with Crippen molar-refractivity contribution in [1.82, 2.24) is 5.32 Å². The van der Waals surface area contributed by atoms with E-state index in [0.717, 1.165) is 23.8 Å². The van der Waals surface area contributed by atoms with Gasteiger partial charge in [-0.05, 0) is 54.7 Å². The lowest BCUT2D eigenvalue weighted by molar-refractivity contribution is -0.140. The highest BCUT2D eigenvalue weighted by Gasteiger charge is 2.28. The van der Waals surface area contributed by atoms with Crippen molar-refractivity contribution >= 4 is 45.4 Å². The Morgan fingerprint density at radius 1 is 0.919 bits per heavy atom. The topological polar surface area (TPSA) is 94.8 Å². The van der Waals surface area contributed by atoms with Crippen molar-refractivity contribution in [2.24, 2.45) is 11.8 Å². The third-order valence-electron chi connectivity index (χ3n) is 6.81. The van der Waals surface area contributed by atoms with Crippen molar-refractivity contribution in [3.8, 4) is 5.75 Å². The highest BCUT2D eigenvalue weighted by atomic mass is 35.5. The van der Waals surface area contributed by atoms with Gasteiger partial charge in [-0.25, -0.2) is 9.59 Å². The fourth-order valence-corrected chi connectivity index (χ4v) is 4.96. The highest BCUT2D eigenvalue weighted by Crippen LogP contribution is 2.35. The Hall–Kier alpha value is -3.84. The Labute approximate surface area is 218 Å². The molecule has 1 aliphatic rings. The number of alkyl carbamates (subject to hydrolysis) is 1. The molecule has 5 rings (SSSR count). The van der Waals surface area contributed by atoms with Gasteiger partial charge in [0.25, 0.3) is 0 Å². The minimum atomic E-state index is -0.460. The van der Waals surface area contributed by atoms with Crippen molar-refractivity contribution in [1.29, 1.82) is 0 Å². The zero-order valence-corrected chi connectivity index (χ0v) is 20.8. The lowest BCUT2D eigenvalue weighted by Crippen LogP contribution is -2.33. The molecule has 37 heavy (non-hydrogen) atoms. The molecule has 1 saturated carbocycles. The van der Waals surface area contributed by atoms with Crippen LogP contribution >= 0.6 is 11.6 Å². The van der Waals surface area contributed by atoms with Gasteiger partial charge < -0.3 is 19.2 Å². The molecule has 4 aromatic rings. The maximum Gasteiger partial charge on any atom is 0.407 e. The molecule has 0 atom stereocenters. The molecule has 3 aromatic carbocycles. The summed E-state index contributed by atoms with van der Waals surface area (Å²) in [7, 11) is 0. The molecule has 1 aliphatic carbocycles. The van der Waals surface area contributed by atoms with Crippen LogP contribution < -0.4 is 15.7 Å². The van der Waals surface area contributed by atoms with Gasteiger partial charge in [-0.3, -0.25) is 4.79 Å². The molecule has 190 valence electrons. The molecule has 7 nitrogen and oxygen atoms in total. The second-order valence-corrected chi connectivity index (χ2v) is 9.70. The molecule has 1 heterocycles. The third-order valence-corrected chi connectivity index (χ3v) is 7.11. The average Bonchev–Trinajstić information content (AvgIpc) is 2.93. The molecule has 1 amide bonds. The number of hydrogen-bond acceptors (Lipinski definition) is 6. The highest BCUT2D eigenvalue weighted by molar-refractivity contribution is 6.33. The number of esters is 1. The van der Waals surface area contributed by atoms with E-state index in [-0.39, 0.29) is 35.2 Å². The molecule has 1 aromatic heterocycles. The SMILES string of the molecule is O=C(NCC1CCC(C(=O)Oc2cc3oc(=O)c4ccccc4c3cc2Cl)CC1)OCc1ccccc1. The number of hydrogen-bond donors (Lipinski definition) is 1. The van der Waals surface area contributed by atoms with Crippen LogP contribution in [0.25, 0.3) is 21.7 Å². The second kappa shape index (κ2) is 11.0. The van der Waals surface area contributed by atoms with E-state index in [1.807, 2.05) is 42.5 Å². The monoisotopic (exact) mass is 519 g/mol. The van der Waals surface area contributed by atoms with Gasteiger partial charge in [-0.2, -0.15) is 0 Å². The first-order valence-corrected chi connectivity index (χ1v) is 12.7. The van der Waals surface area contributed by atoms with Crippen molar-refractivity contribution in [3.05, 3.63) is 87.7 Å². The summed E-state index contributed by atoms with van der Waals surface area (Å²) in [6, 6.07) is 19.8. The number of fused-ring (bicyclic) bond motifs is 3. The maximum absolute atomic E-state index is 12.9. The Balaban J connectivity index is 1.14. The van der Waals surface area contributed by atoms with Crippen LogP contribution in [0.15, 0.2) is 75.9 Å². The number of rotatable bonds is 6. The largest absolute Gasteiger partial charge is 0.445 e. The fourth-order valence-electron chi connectivity index (χ4n) is 4.75. The number of amides is 1. The minimum Gasteiger partial charge on any atom is -0.445 e. The third kappa shape index (κ3) is 5.78. The standard InChI is InChI=1S/C29H26ClNO6/c30-24-14-23-21-8-4-5-9-22(21)28(33)36-25(23)15-26(24)37-27(32)20-12-10-18(11-13-20)16-31-29(34)35-17-19-6-2-1-3-7-19/h1-9,14-15,18,20H,10-13,16-17H2,(H,31,34). The summed E-state index contributed by atoms with van der Waals surface area (Å²) in [5.41, 5.74) is 0.780. The quantitative estimate of drug-likeness (QED) is 0.140. The molecule has 0 radical (unpaired) electrons. The first-order valence-electron chi connectivity index (χ1n) is 12.3.